The smallest absolute Gasteiger partial charge is 0.147 e. The molecule has 108 valence electrons. The van der Waals surface area contributed by atoms with Crippen LogP contribution in [0.5, 0.6) is 5.75 Å². The SMILES string of the molecule is CC(C)(C)c1ccc(OCc2cccc(C#N)c2F)cc1. The summed E-state index contributed by atoms with van der Waals surface area (Å²) in [5.41, 5.74) is 1.73. The molecule has 0 N–H and O–H groups in total. The molecule has 2 rings (SSSR count). The molecule has 0 aliphatic heterocycles. The predicted molar refractivity (Wildman–Crippen MR) is 80.6 cm³/mol. The van der Waals surface area contributed by atoms with E-state index in [-0.39, 0.29) is 17.6 Å². The van der Waals surface area contributed by atoms with Crippen LogP contribution in [-0.2, 0) is 12.0 Å². The largest absolute Gasteiger partial charge is 0.489 e. The van der Waals surface area contributed by atoms with Gasteiger partial charge in [0.25, 0.3) is 0 Å². The van der Waals surface area contributed by atoms with Crippen molar-refractivity contribution in [3.05, 3.63) is 65.0 Å². The monoisotopic (exact) mass is 283 g/mol. The first-order valence-electron chi connectivity index (χ1n) is 6.82. The highest BCUT2D eigenvalue weighted by Crippen LogP contribution is 2.24. The maximum Gasteiger partial charge on any atom is 0.147 e. The quantitative estimate of drug-likeness (QED) is 0.826. The Bertz CT molecular complexity index is 663. The Balaban J connectivity index is 2.09. The number of nitrogens with zero attached hydrogens (tertiary/aromatic N) is 1. The second kappa shape index (κ2) is 5.97. The van der Waals surface area contributed by atoms with Crippen molar-refractivity contribution < 1.29 is 9.13 Å². The van der Waals surface area contributed by atoms with E-state index >= 15 is 0 Å². The van der Waals surface area contributed by atoms with Gasteiger partial charge in [-0.3, -0.25) is 0 Å². The average molecular weight is 283 g/mol. The lowest BCUT2D eigenvalue weighted by Crippen LogP contribution is -2.10. The molecule has 0 amide bonds. The van der Waals surface area contributed by atoms with Crippen LogP contribution in [-0.4, -0.2) is 0 Å². The lowest BCUT2D eigenvalue weighted by Gasteiger charge is -2.19. The molecule has 0 aliphatic rings. The minimum atomic E-state index is -0.508. The van der Waals surface area contributed by atoms with E-state index in [0.717, 1.165) is 0 Å². The molecule has 0 spiro atoms. The number of hydrogen-bond donors (Lipinski definition) is 0. The van der Waals surface area contributed by atoms with Gasteiger partial charge in [0.1, 0.15) is 24.2 Å². The van der Waals surface area contributed by atoms with Gasteiger partial charge in [-0.15, -0.1) is 0 Å². The van der Waals surface area contributed by atoms with E-state index in [1.54, 1.807) is 12.1 Å². The van der Waals surface area contributed by atoms with Gasteiger partial charge in [-0.1, -0.05) is 45.0 Å². The maximum atomic E-state index is 13.9. The topological polar surface area (TPSA) is 33.0 Å². The van der Waals surface area contributed by atoms with Gasteiger partial charge < -0.3 is 4.74 Å². The molecule has 0 heterocycles. The summed E-state index contributed by atoms with van der Waals surface area (Å²) in [7, 11) is 0. The fourth-order valence-electron chi connectivity index (χ4n) is 1.99. The number of benzene rings is 2. The lowest BCUT2D eigenvalue weighted by atomic mass is 9.87. The molecule has 0 bridgehead atoms. The summed E-state index contributed by atoms with van der Waals surface area (Å²) in [4.78, 5) is 0. The molecule has 2 aromatic carbocycles. The molecule has 0 atom stereocenters. The van der Waals surface area contributed by atoms with Crippen molar-refractivity contribution in [2.24, 2.45) is 0 Å². The highest BCUT2D eigenvalue weighted by molar-refractivity contribution is 5.35. The third-order valence-electron chi connectivity index (χ3n) is 3.31. The summed E-state index contributed by atoms with van der Waals surface area (Å²) in [5.74, 6) is 0.177. The number of ether oxygens (including phenoxy) is 1. The van der Waals surface area contributed by atoms with Crippen LogP contribution >= 0.6 is 0 Å². The Morgan fingerprint density at radius 3 is 2.33 bits per heavy atom. The predicted octanol–water partition coefficient (Wildman–Crippen LogP) is 4.57. The van der Waals surface area contributed by atoms with Gasteiger partial charge in [0.05, 0.1) is 5.56 Å². The van der Waals surface area contributed by atoms with Gasteiger partial charge in [0.2, 0.25) is 0 Å². The van der Waals surface area contributed by atoms with Crippen molar-refractivity contribution in [3.8, 4) is 11.8 Å². The fraction of sp³-hybridized carbons (Fsp3) is 0.278. The molecular weight excluding hydrogens is 265 g/mol. The zero-order valence-corrected chi connectivity index (χ0v) is 12.5. The lowest BCUT2D eigenvalue weighted by molar-refractivity contribution is 0.299. The van der Waals surface area contributed by atoms with Crippen molar-refractivity contribution in [2.75, 3.05) is 0 Å². The molecule has 0 unspecified atom stereocenters. The van der Waals surface area contributed by atoms with E-state index < -0.39 is 5.82 Å². The molecule has 2 aromatic rings. The summed E-state index contributed by atoms with van der Waals surface area (Å²) in [6.07, 6.45) is 0. The van der Waals surface area contributed by atoms with E-state index in [1.165, 1.54) is 11.6 Å². The first-order chi connectivity index (χ1) is 9.91. The van der Waals surface area contributed by atoms with E-state index in [2.05, 4.69) is 20.8 Å². The molecule has 0 aromatic heterocycles. The molecular formula is C18H18FNO. The van der Waals surface area contributed by atoms with Crippen LogP contribution in [0.1, 0.15) is 37.5 Å². The number of halogens is 1. The first kappa shape index (κ1) is 15.1. The number of rotatable bonds is 3. The molecule has 2 nitrogen and oxygen atoms in total. The van der Waals surface area contributed by atoms with Crippen LogP contribution < -0.4 is 4.74 Å². The van der Waals surface area contributed by atoms with Crippen LogP contribution in [0.15, 0.2) is 42.5 Å². The van der Waals surface area contributed by atoms with Gasteiger partial charge in [0, 0.05) is 5.56 Å². The Morgan fingerprint density at radius 2 is 1.76 bits per heavy atom. The van der Waals surface area contributed by atoms with Crippen LogP contribution in [0.2, 0.25) is 0 Å². The van der Waals surface area contributed by atoms with Crippen LogP contribution in [0.3, 0.4) is 0 Å². The summed E-state index contributed by atoms with van der Waals surface area (Å²) in [5, 5.41) is 8.80. The second-order valence-corrected chi connectivity index (χ2v) is 5.95. The van der Waals surface area contributed by atoms with E-state index in [4.69, 9.17) is 10.00 Å². The van der Waals surface area contributed by atoms with Crippen molar-refractivity contribution in [1.82, 2.24) is 0 Å². The standard InChI is InChI=1S/C18H18FNO/c1-18(2,3)15-7-9-16(10-8-15)21-12-14-6-4-5-13(11-20)17(14)19/h4-10H,12H2,1-3H3. The molecule has 0 aliphatic carbocycles. The summed E-state index contributed by atoms with van der Waals surface area (Å²) < 4.78 is 19.5. The van der Waals surface area contributed by atoms with Gasteiger partial charge >= 0.3 is 0 Å². The molecule has 21 heavy (non-hydrogen) atoms. The molecule has 0 saturated carbocycles. The third-order valence-corrected chi connectivity index (χ3v) is 3.31. The summed E-state index contributed by atoms with van der Waals surface area (Å²) in [6.45, 7) is 6.54. The van der Waals surface area contributed by atoms with Gasteiger partial charge in [0.15, 0.2) is 0 Å². The first-order valence-corrected chi connectivity index (χ1v) is 6.82. The van der Waals surface area contributed by atoms with E-state index in [1.807, 2.05) is 30.3 Å². The zero-order chi connectivity index (χ0) is 15.5. The second-order valence-electron chi connectivity index (χ2n) is 5.95. The molecule has 3 heteroatoms. The summed E-state index contributed by atoms with van der Waals surface area (Å²) in [6, 6.07) is 14.3. The van der Waals surface area contributed by atoms with Crippen LogP contribution in [0.25, 0.3) is 0 Å². The van der Waals surface area contributed by atoms with E-state index in [0.29, 0.717) is 11.3 Å². The molecule has 0 radical (unpaired) electrons. The van der Waals surface area contributed by atoms with Gasteiger partial charge in [-0.05, 0) is 29.2 Å². The fourth-order valence-corrected chi connectivity index (χ4v) is 1.99. The van der Waals surface area contributed by atoms with Crippen LogP contribution in [0, 0.1) is 17.1 Å². The normalized spacial score (nSPS) is 11.0. The minimum Gasteiger partial charge on any atom is -0.489 e. The highest BCUT2D eigenvalue weighted by Gasteiger charge is 2.13. The minimum absolute atomic E-state index is 0.0409. The third kappa shape index (κ3) is 3.61. The summed E-state index contributed by atoms with van der Waals surface area (Å²) >= 11 is 0. The Kier molecular flexibility index (Phi) is 4.28. The van der Waals surface area contributed by atoms with Crippen LogP contribution in [0.4, 0.5) is 4.39 Å². The Labute approximate surface area is 124 Å². The van der Waals surface area contributed by atoms with Gasteiger partial charge in [-0.2, -0.15) is 5.26 Å². The van der Waals surface area contributed by atoms with Crippen molar-refractivity contribution in [1.29, 1.82) is 5.26 Å². The Morgan fingerprint density at radius 1 is 1.10 bits per heavy atom. The number of hydrogen-bond acceptors (Lipinski definition) is 2. The maximum absolute atomic E-state index is 13.9. The highest BCUT2D eigenvalue weighted by atomic mass is 19.1. The average Bonchev–Trinajstić information content (AvgIpc) is 2.46. The molecule has 0 saturated heterocycles. The molecule has 0 fully saturated rings. The van der Waals surface area contributed by atoms with Crippen molar-refractivity contribution in [2.45, 2.75) is 32.8 Å². The van der Waals surface area contributed by atoms with Crippen molar-refractivity contribution >= 4 is 0 Å². The van der Waals surface area contributed by atoms with E-state index in [9.17, 15) is 4.39 Å². The number of nitriles is 1. The Hall–Kier alpha value is -2.34. The van der Waals surface area contributed by atoms with Gasteiger partial charge in [-0.25, -0.2) is 4.39 Å². The zero-order valence-electron chi connectivity index (χ0n) is 12.5. The van der Waals surface area contributed by atoms with Crippen molar-refractivity contribution in [3.63, 3.8) is 0 Å².